The number of alkyl halides is 14. The van der Waals surface area contributed by atoms with Crippen LogP contribution in [0.3, 0.4) is 0 Å². The maximum Gasteiger partial charge on any atom is 0.460 e. The summed E-state index contributed by atoms with van der Waals surface area (Å²) in [6.45, 7) is 0. The molecule has 46 heavy (non-hydrogen) atoms. The predicted molar refractivity (Wildman–Crippen MR) is 134 cm³/mol. The fraction of sp³-hybridized carbons (Fsp3) is 0.414. The average molecular weight is 684 g/mol. The molecule has 3 nitrogen and oxygen atoms in total. The van der Waals surface area contributed by atoms with Gasteiger partial charge in [-0.1, -0.05) is 54.1 Å². The van der Waals surface area contributed by atoms with Crippen LogP contribution in [0.4, 0.5) is 61.5 Å². The average Bonchev–Trinajstić information content (AvgIpc) is 2.96. The number of hydrogen-bond acceptors (Lipinski definition) is 2. The van der Waals surface area contributed by atoms with E-state index < -0.39 is 58.9 Å². The quantitative estimate of drug-likeness (QED) is 0.154. The fourth-order valence-electron chi connectivity index (χ4n) is 4.50. The highest BCUT2D eigenvalue weighted by Gasteiger charge is 2.93. The van der Waals surface area contributed by atoms with Crippen LogP contribution >= 0.6 is 0 Å². The van der Waals surface area contributed by atoms with Crippen LogP contribution in [0.1, 0.15) is 36.8 Å². The number of carboxylic acids is 1. The van der Waals surface area contributed by atoms with Crippen molar-refractivity contribution in [2.45, 2.75) is 67.3 Å². The van der Waals surface area contributed by atoms with Crippen molar-refractivity contribution < 1.29 is 76.1 Å². The molecule has 1 fully saturated rings. The lowest BCUT2D eigenvalue weighted by Crippen LogP contribution is -2.73. The van der Waals surface area contributed by atoms with Crippen molar-refractivity contribution in [2.75, 3.05) is 0 Å². The first kappa shape index (κ1) is 36.7. The molecule has 0 amide bonds. The molecular formula is C29H22F14O3. The van der Waals surface area contributed by atoms with E-state index in [4.69, 9.17) is 5.11 Å². The van der Waals surface area contributed by atoms with Crippen molar-refractivity contribution in [3.05, 3.63) is 83.4 Å². The lowest BCUT2D eigenvalue weighted by atomic mass is 9.75. The molecule has 254 valence electrons. The van der Waals surface area contributed by atoms with Crippen LogP contribution in [0.15, 0.2) is 72.3 Å². The van der Waals surface area contributed by atoms with Crippen molar-refractivity contribution in [2.24, 2.45) is 5.92 Å². The Balaban J connectivity index is 0.000000710. The van der Waals surface area contributed by atoms with E-state index in [2.05, 4.69) is 10.8 Å². The Morgan fingerprint density at radius 3 is 1.61 bits per heavy atom. The summed E-state index contributed by atoms with van der Waals surface area (Å²) < 4.78 is 197. The summed E-state index contributed by atoms with van der Waals surface area (Å²) in [5.74, 6) is -46.9. The van der Waals surface area contributed by atoms with E-state index in [0.29, 0.717) is 30.3 Å². The van der Waals surface area contributed by atoms with Crippen LogP contribution in [-0.4, -0.2) is 46.9 Å². The van der Waals surface area contributed by atoms with Gasteiger partial charge in [-0.2, -0.15) is 61.5 Å². The van der Waals surface area contributed by atoms with Crippen LogP contribution in [0.5, 0.6) is 5.75 Å². The molecule has 3 aliphatic rings. The number of carbonyl (C=O) groups is 1. The summed E-state index contributed by atoms with van der Waals surface area (Å²) >= 11 is 0. The van der Waals surface area contributed by atoms with Crippen molar-refractivity contribution >= 4 is 12.0 Å². The van der Waals surface area contributed by atoms with Gasteiger partial charge in [0.1, 0.15) is 5.75 Å². The molecule has 1 saturated carbocycles. The Morgan fingerprint density at radius 2 is 1.22 bits per heavy atom. The highest BCUT2D eigenvalue weighted by molar-refractivity contribution is 5.85. The Labute approximate surface area is 251 Å². The molecule has 0 aromatic heterocycles. The molecule has 17 heteroatoms. The largest absolute Gasteiger partial charge is 0.478 e. The van der Waals surface area contributed by atoms with Crippen LogP contribution in [-0.2, 0) is 10.6 Å². The molecule has 0 aliphatic heterocycles. The van der Waals surface area contributed by atoms with E-state index in [9.17, 15) is 61.9 Å². The van der Waals surface area contributed by atoms with E-state index in [-0.39, 0.29) is 17.7 Å². The number of allylic oxidation sites excluding steroid dienone is 2. The molecule has 0 radical (unpaired) electrons. The Kier molecular flexibility index (Phi) is 9.91. The number of hydrogen-bond donors (Lipinski definition) is 1. The van der Waals surface area contributed by atoms with Crippen LogP contribution in [0.2, 0.25) is 0 Å². The van der Waals surface area contributed by atoms with Crippen molar-refractivity contribution in [1.29, 1.82) is 0 Å². The first-order valence-electron chi connectivity index (χ1n) is 13.0. The van der Waals surface area contributed by atoms with Crippen LogP contribution in [0.25, 0.3) is 6.08 Å². The predicted octanol–water partition coefficient (Wildman–Crippen LogP) is 9.84. The lowest BCUT2D eigenvalue weighted by Gasteiger charge is -2.43. The summed E-state index contributed by atoms with van der Waals surface area (Å²) in [6.07, 6.45) is 2.08. The third-order valence-electron chi connectivity index (χ3n) is 7.11. The third kappa shape index (κ3) is 6.41. The Morgan fingerprint density at radius 1 is 0.717 bits per heavy atom. The molecule has 0 heterocycles. The summed E-state index contributed by atoms with van der Waals surface area (Å²) in [6, 6.07) is 5.35. The van der Waals surface area contributed by atoms with Gasteiger partial charge in [0.05, 0.1) is 0 Å². The van der Waals surface area contributed by atoms with Gasteiger partial charge >= 0.3 is 47.6 Å². The second-order valence-corrected chi connectivity index (χ2v) is 10.4. The van der Waals surface area contributed by atoms with Crippen molar-refractivity contribution in [3.63, 3.8) is 0 Å². The van der Waals surface area contributed by atoms with E-state index in [1.165, 1.54) is 25.7 Å². The van der Waals surface area contributed by atoms with Crippen LogP contribution < -0.4 is 4.74 Å². The first-order valence-corrected chi connectivity index (χ1v) is 13.0. The number of halogens is 14. The molecule has 3 aliphatic carbocycles. The van der Waals surface area contributed by atoms with Gasteiger partial charge in [0.25, 0.3) is 0 Å². The SMILES string of the molecule is C1=C2CCCC1C2.O=C(O)C=Cc1ccc(OC(F)(c2ccccc2)C(F)(F)C(F)(F)C(F)(F)C(F)(F)C(F)(F)C(F)(F)F)cc1. The van der Waals surface area contributed by atoms with Crippen molar-refractivity contribution in [1.82, 2.24) is 0 Å². The summed E-state index contributed by atoms with van der Waals surface area (Å²) in [4.78, 5) is 10.5. The maximum atomic E-state index is 15.8. The van der Waals surface area contributed by atoms with Crippen LogP contribution in [0, 0.1) is 5.92 Å². The van der Waals surface area contributed by atoms with Gasteiger partial charge in [0, 0.05) is 11.6 Å². The van der Waals surface area contributed by atoms with E-state index in [0.717, 1.165) is 30.2 Å². The molecular weight excluding hydrogens is 662 g/mol. The molecule has 2 aromatic carbocycles. The summed E-state index contributed by atoms with van der Waals surface area (Å²) in [7, 11) is 0. The van der Waals surface area contributed by atoms with Gasteiger partial charge in [-0.25, -0.2) is 4.79 Å². The van der Waals surface area contributed by atoms with E-state index >= 15 is 4.39 Å². The number of aliphatic carboxylic acids is 1. The number of benzene rings is 2. The smallest absolute Gasteiger partial charge is 0.460 e. The Hall–Kier alpha value is -3.79. The lowest BCUT2D eigenvalue weighted by molar-refractivity contribution is -0.456. The summed E-state index contributed by atoms with van der Waals surface area (Å²) in [5.41, 5.74) is -0.0750. The first-order chi connectivity index (χ1) is 20.9. The zero-order valence-corrected chi connectivity index (χ0v) is 22.9. The zero-order valence-electron chi connectivity index (χ0n) is 22.9. The van der Waals surface area contributed by atoms with Gasteiger partial charge in [-0.15, -0.1) is 0 Å². The fourth-order valence-corrected chi connectivity index (χ4v) is 4.50. The molecule has 2 unspecified atom stereocenters. The number of fused-ring (bicyclic) bond motifs is 2. The third-order valence-corrected chi connectivity index (χ3v) is 7.11. The standard InChI is InChI=1S/C22H12F14O3.C7H10/c23-16(13-4-2-1-3-5-13,39-14-9-6-12(7-10-14)8-11-15(37)38)17(24,25)18(26,27)19(28,29)20(30,31)21(32,33)22(34,35)36;1-2-6-4-7(3-1)5-6/h1-11H,(H,37,38);4,6H,1-3,5H2. The molecule has 0 saturated heterocycles. The van der Waals surface area contributed by atoms with E-state index in [1.807, 2.05) is 0 Å². The van der Waals surface area contributed by atoms with Gasteiger partial charge in [-0.3, -0.25) is 0 Å². The number of ether oxygens (including phenoxy) is 1. The van der Waals surface area contributed by atoms with Crippen molar-refractivity contribution in [3.8, 4) is 5.75 Å². The summed E-state index contributed by atoms with van der Waals surface area (Å²) in [5, 5.41) is 8.55. The monoisotopic (exact) mass is 684 g/mol. The molecule has 1 N–H and O–H groups in total. The van der Waals surface area contributed by atoms with Gasteiger partial charge in [-0.05, 0) is 55.4 Å². The topological polar surface area (TPSA) is 46.5 Å². The van der Waals surface area contributed by atoms with Gasteiger partial charge in [0.15, 0.2) is 0 Å². The number of rotatable bonds is 10. The molecule has 2 bridgehead atoms. The number of carboxylic acid groups (broad SMARTS) is 1. The highest BCUT2D eigenvalue weighted by atomic mass is 19.4. The molecule has 2 atom stereocenters. The minimum Gasteiger partial charge on any atom is -0.478 e. The maximum absolute atomic E-state index is 15.8. The Bertz CT molecular complexity index is 1430. The van der Waals surface area contributed by atoms with Gasteiger partial charge < -0.3 is 9.84 Å². The minimum absolute atomic E-state index is 0.0495. The minimum atomic E-state index is -8.23. The zero-order chi connectivity index (χ0) is 35.0. The van der Waals surface area contributed by atoms with E-state index in [1.54, 1.807) is 5.57 Å². The second-order valence-electron chi connectivity index (χ2n) is 10.4. The highest BCUT2D eigenvalue weighted by Crippen LogP contribution is 2.63. The molecule has 2 aromatic rings. The normalized spacial score (nSPS) is 18.9. The second kappa shape index (κ2) is 12.4. The van der Waals surface area contributed by atoms with Gasteiger partial charge in [0.2, 0.25) is 0 Å². The molecule has 5 rings (SSSR count). The molecule has 0 spiro atoms.